The molecule has 1 aliphatic rings. The molecule has 0 saturated heterocycles. The maximum Gasteiger partial charge on any atom is 0.336 e. The molecule has 11 nitrogen and oxygen atoms in total. The van der Waals surface area contributed by atoms with Gasteiger partial charge in [0.25, 0.3) is 11.6 Å². The van der Waals surface area contributed by atoms with Crippen molar-refractivity contribution in [3.05, 3.63) is 98.4 Å². The van der Waals surface area contributed by atoms with E-state index in [0.29, 0.717) is 29.1 Å². The normalized spacial score (nSPS) is 15.9. The van der Waals surface area contributed by atoms with Gasteiger partial charge >= 0.3 is 11.9 Å². The van der Waals surface area contributed by atoms with Crippen molar-refractivity contribution in [2.75, 3.05) is 34.4 Å². The zero-order valence-electron chi connectivity index (χ0n) is 22.5. The molecule has 2 N–H and O–H groups in total. The van der Waals surface area contributed by atoms with Crippen LogP contribution in [0.1, 0.15) is 36.9 Å². The highest BCUT2D eigenvalue weighted by atomic mass is 16.6. The summed E-state index contributed by atoms with van der Waals surface area (Å²) in [5, 5.41) is 17.3. The lowest BCUT2D eigenvalue weighted by atomic mass is 9.79. The van der Waals surface area contributed by atoms with Gasteiger partial charge in [0.05, 0.1) is 23.5 Å². The summed E-state index contributed by atoms with van der Waals surface area (Å²) in [6.07, 6.45) is 0. The van der Waals surface area contributed by atoms with E-state index in [9.17, 15) is 24.5 Å². The third-order valence-corrected chi connectivity index (χ3v) is 6.25. The van der Waals surface area contributed by atoms with Crippen LogP contribution in [0.3, 0.4) is 0 Å². The number of carbonyl (C=O) groups is 3. The largest absolute Gasteiger partial charge is 0.466 e. The number of amides is 1. The van der Waals surface area contributed by atoms with Crippen LogP contribution in [0.15, 0.2) is 77.1 Å². The van der Waals surface area contributed by atoms with Crippen molar-refractivity contribution < 1.29 is 28.8 Å². The number of nitrogens with one attached hydrogen (secondary N) is 2. The summed E-state index contributed by atoms with van der Waals surface area (Å²) in [6.45, 7) is 3.93. The standard InChI is InChI=1S/C28H32N4O7/c1-17-22(26(33)30-25(19-10-7-6-8-11-19)28(35)39-15-14-31(3)4)24(23(18(2)29-17)27(34)38-5)20-12-9-13-21(16-20)32(36)37/h6-13,16,24-25,29H,14-15H2,1-5H3,(H,30,33). The van der Waals surface area contributed by atoms with Crippen molar-refractivity contribution >= 4 is 23.5 Å². The fraction of sp³-hybridized carbons (Fsp3) is 0.321. The van der Waals surface area contributed by atoms with Crippen LogP contribution in [-0.2, 0) is 23.9 Å². The molecular formula is C28H32N4O7. The molecule has 0 radical (unpaired) electrons. The molecule has 2 aromatic rings. The highest BCUT2D eigenvalue weighted by molar-refractivity contribution is 6.03. The van der Waals surface area contributed by atoms with E-state index in [1.54, 1.807) is 50.2 Å². The van der Waals surface area contributed by atoms with Crippen molar-refractivity contribution in [2.45, 2.75) is 25.8 Å². The van der Waals surface area contributed by atoms with E-state index >= 15 is 0 Å². The Morgan fingerprint density at radius 1 is 1.05 bits per heavy atom. The molecule has 0 spiro atoms. The molecular weight excluding hydrogens is 504 g/mol. The fourth-order valence-electron chi connectivity index (χ4n) is 4.37. The topological polar surface area (TPSA) is 140 Å². The van der Waals surface area contributed by atoms with Crippen LogP contribution in [0, 0.1) is 10.1 Å². The van der Waals surface area contributed by atoms with E-state index in [-0.39, 0.29) is 23.4 Å². The van der Waals surface area contributed by atoms with Gasteiger partial charge in [-0.3, -0.25) is 14.9 Å². The Labute approximate surface area is 226 Å². The van der Waals surface area contributed by atoms with Gasteiger partial charge in [-0.1, -0.05) is 42.5 Å². The molecule has 0 bridgehead atoms. The molecule has 0 aliphatic carbocycles. The van der Waals surface area contributed by atoms with Crippen LogP contribution in [0.5, 0.6) is 0 Å². The molecule has 0 aromatic heterocycles. The SMILES string of the molecule is COC(=O)C1=C(C)NC(C)=C(C(=O)NC(C(=O)OCCN(C)C)c2ccccc2)C1c1cccc([N+](=O)[O-])c1. The molecule has 2 atom stereocenters. The Morgan fingerprint density at radius 2 is 1.72 bits per heavy atom. The molecule has 0 saturated carbocycles. The molecule has 1 amide bonds. The number of ether oxygens (including phenoxy) is 2. The van der Waals surface area contributed by atoms with Crippen molar-refractivity contribution in [3.63, 3.8) is 0 Å². The van der Waals surface area contributed by atoms with Gasteiger partial charge in [-0.15, -0.1) is 0 Å². The summed E-state index contributed by atoms with van der Waals surface area (Å²) >= 11 is 0. The zero-order valence-corrected chi connectivity index (χ0v) is 22.5. The summed E-state index contributed by atoms with van der Waals surface area (Å²) in [4.78, 5) is 52.7. The van der Waals surface area contributed by atoms with Crippen LogP contribution < -0.4 is 10.6 Å². The first-order chi connectivity index (χ1) is 18.5. The van der Waals surface area contributed by atoms with Crippen LogP contribution in [-0.4, -0.2) is 62.0 Å². The van der Waals surface area contributed by atoms with E-state index in [2.05, 4.69) is 10.6 Å². The second-order valence-corrected chi connectivity index (χ2v) is 9.27. The Hall–Kier alpha value is -4.51. The lowest BCUT2D eigenvalue weighted by molar-refractivity contribution is -0.384. The Bertz CT molecular complexity index is 1320. The van der Waals surface area contributed by atoms with Gasteiger partial charge in [-0.25, -0.2) is 9.59 Å². The molecule has 1 heterocycles. The summed E-state index contributed by atoms with van der Waals surface area (Å²) in [6, 6.07) is 13.2. The number of allylic oxidation sites excluding steroid dienone is 2. The van der Waals surface area contributed by atoms with Crippen molar-refractivity contribution in [3.8, 4) is 0 Å². The smallest absolute Gasteiger partial charge is 0.336 e. The molecule has 2 unspecified atom stereocenters. The van der Waals surface area contributed by atoms with Crippen LogP contribution in [0.4, 0.5) is 5.69 Å². The third-order valence-electron chi connectivity index (χ3n) is 6.25. The zero-order chi connectivity index (χ0) is 28.7. The Balaban J connectivity index is 2.06. The molecule has 206 valence electrons. The maximum atomic E-state index is 13.9. The second kappa shape index (κ2) is 12.8. The molecule has 2 aromatic carbocycles. The van der Waals surface area contributed by atoms with E-state index in [4.69, 9.17) is 9.47 Å². The summed E-state index contributed by atoms with van der Waals surface area (Å²) in [7, 11) is 4.91. The van der Waals surface area contributed by atoms with E-state index in [0.717, 1.165) is 0 Å². The van der Waals surface area contributed by atoms with Gasteiger partial charge in [0.2, 0.25) is 0 Å². The van der Waals surface area contributed by atoms with Crippen LogP contribution in [0.2, 0.25) is 0 Å². The number of nitrogens with zero attached hydrogens (tertiary/aromatic N) is 2. The minimum atomic E-state index is -1.14. The predicted octanol–water partition coefficient (Wildman–Crippen LogP) is 2.96. The number of non-ortho nitro benzene ring substituents is 1. The third kappa shape index (κ3) is 6.88. The van der Waals surface area contributed by atoms with E-state index < -0.39 is 34.7 Å². The van der Waals surface area contributed by atoms with Gasteiger partial charge < -0.3 is 25.0 Å². The van der Waals surface area contributed by atoms with Gasteiger partial charge in [-0.05, 0) is 39.1 Å². The maximum absolute atomic E-state index is 13.9. The Morgan fingerprint density at radius 3 is 2.33 bits per heavy atom. The number of dihydropyridines is 1. The molecule has 11 heteroatoms. The predicted molar refractivity (Wildman–Crippen MR) is 143 cm³/mol. The average molecular weight is 537 g/mol. The minimum Gasteiger partial charge on any atom is -0.466 e. The first-order valence-corrected chi connectivity index (χ1v) is 12.2. The highest BCUT2D eigenvalue weighted by Crippen LogP contribution is 2.40. The monoisotopic (exact) mass is 536 g/mol. The van der Waals surface area contributed by atoms with Crippen LogP contribution >= 0.6 is 0 Å². The number of hydrogen-bond acceptors (Lipinski definition) is 9. The number of nitro groups is 1. The molecule has 3 rings (SSSR count). The van der Waals surface area contributed by atoms with Gasteiger partial charge in [0.1, 0.15) is 6.61 Å². The summed E-state index contributed by atoms with van der Waals surface area (Å²) in [5.41, 5.74) is 1.75. The van der Waals surface area contributed by atoms with Gasteiger partial charge in [0, 0.05) is 35.6 Å². The highest BCUT2D eigenvalue weighted by Gasteiger charge is 2.39. The number of hydrogen-bond donors (Lipinski definition) is 2. The first-order valence-electron chi connectivity index (χ1n) is 12.2. The minimum absolute atomic E-state index is 0.114. The van der Waals surface area contributed by atoms with Gasteiger partial charge in [-0.2, -0.15) is 0 Å². The van der Waals surface area contributed by atoms with Gasteiger partial charge in [0.15, 0.2) is 6.04 Å². The van der Waals surface area contributed by atoms with Crippen molar-refractivity contribution in [1.82, 2.24) is 15.5 Å². The molecule has 0 fully saturated rings. The number of benzene rings is 2. The number of likely N-dealkylation sites (N-methyl/N-ethyl adjacent to an activating group) is 1. The quantitative estimate of drug-likeness (QED) is 0.266. The van der Waals surface area contributed by atoms with E-state index in [1.807, 2.05) is 19.0 Å². The van der Waals surface area contributed by atoms with Crippen molar-refractivity contribution in [1.29, 1.82) is 0 Å². The number of esters is 2. The lowest BCUT2D eigenvalue weighted by Crippen LogP contribution is -2.40. The summed E-state index contributed by atoms with van der Waals surface area (Å²) in [5.74, 6) is -2.99. The van der Waals surface area contributed by atoms with E-state index in [1.165, 1.54) is 25.3 Å². The second-order valence-electron chi connectivity index (χ2n) is 9.27. The fourth-order valence-corrected chi connectivity index (χ4v) is 4.37. The Kier molecular flexibility index (Phi) is 9.56. The molecule has 1 aliphatic heterocycles. The number of rotatable bonds is 10. The average Bonchev–Trinajstić information content (AvgIpc) is 2.91. The number of carbonyl (C=O) groups excluding carboxylic acids is 3. The first kappa shape index (κ1) is 29.1. The van der Waals surface area contributed by atoms with Crippen LogP contribution in [0.25, 0.3) is 0 Å². The lowest BCUT2D eigenvalue weighted by Gasteiger charge is -2.31. The summed E-state index contributed by atoms with van der Waals surface area (Å²) < 4.78 is 10.4. The molecule has 39 heavy (non-hydrogen) atoms. The van der Waals surface area contributed by atoms with Crippen molar-refractivity contribution in [2.24, 2.45) is 0 Å². The number of methoxy groups -OCH3 is 1. The number of nitro benzene ring substituents is 1.